The van der Waals surface area contributed by atoms with E-state index in [1.54, 1.807) is 12.1 Å². The lowest BCUT2D eigenvalue weighted by Crippen LogP contribution is -2.05. The fourth-order valence-electron chi connectivity index (χ4n) is 9.16. The van der Waals surface area contributed by atoms with Crippen molar-refractivity contribution in [2.75, 3.05) is 0 Å². The quantitative estimate of drug-likeness (QED) is 0.174. The largest absolute Gasteiger partial charge is 0.312 e. The Kier molecular flexibility index (Phi) is 7.37. The molecule has 7 aromatic carbocycles. The van der Waals surface area contributed by atoms with Crippen LogP contribution in [0.5, 0.6) is 0 Å². The number of nitriles is 2. The van der Waals surface area contributed by atoms with E-state index in [-0.39, 0.29) is 20.9 Å². The van der Waals surface area contributed by atoms with Crippen molar-refractivity contribution in [3.63, 3.8) is 0 Å². The number of hydrogen-bond donors (Lipinski definition) is 0. The molecule has 0 radical (unpaired) electrons. The summed E-state index contributed by atoms with van der Waals surface area (Å²) >= 11 is 0. The van der Waals surface area contributed by atoms with E-state index in [1.165, 1.54) is 34.7 Å². The molecule has 11 rings (SSSR count). The molecule has 58 heavy (non-hydrogen) atoms. The van der Waals surface area contributed by atoms with Crippen molar-refractivity contribution in [1.82, 2.24) is 13.7 Å². The summed E-state index contributed by atoms with van der Waals surface area (Å²) in [5.41, 5.74) is 9.72. The van der Waals surface area contributed by atoms with Crippen molar-refractivity contribution in [2.24, 2.45) is 0 Å². The SMILES string of the molecule is N#Cc1ccc(S(=O)(=O)c2ccc(-n3c4ccccc4c4c5c(c6ccccc6n5C5=CC=CCC5)c5c(c6ccccc6n5-c5ccccc5)c43)cc2)c(C#N)c1. The molecule has 0 saturated heterocycles. The molecule has 3 heterocycles. The van der Waals surface area contributed by atoms with Gasteiger partial charge in [0.05, 0.1) is 60.1 Å². The molecule has 0 atom stereocenters. The van der Waals surface area contributed by atoms with Crippen LogP contribution in [-0.2, 0) is 9.84 Å². The van der Waals surface area contributed by atoms with Crippen molar-refractivity contribution >= 4 is 81.0 Å². The average Bonchev–Trinajstić information content (AvgIpc) is 3.93. The molecular weight excluding hydrogens is 735 g/mol. The molecule has 0 unspecified atom stereocenters. The highest BCUT2D eigenvalue weighted by molar-refractivity contribution is 7.91. The fraction of sp³-hybridized carbons (Fsp3) is 0.0400. The van der Waals surface area contributed by atoms with Crippen LogP contribution >= 0.6 is 0 Å². The lowest BCUT2D eigenvalue weighted by Gasteiger charge is -2.16. The molecule has 1 aliphatic rings. The number of sulfone groups is 1. The third kappa shape index (κ3) is 4.67. The van der Waals surface area contributed by atoms with E-state index in [0.717, 1.165) is 78.9 Å². The highest BCUT2D eigenvalue weighted by Crippen LogP contribution is 2.50. The van der Waals surface area contributed by atoms with Gasteiger partial charge in [-0.1, -0.05) is 84.9 Å². The molecule has 8 heteroatoms. The van der Waals surface area contributed by atoms with Gasteiger partial charge in [0.25, 0.3) is 0 Å². The maximum absolute atomic E-state index is 14.1. The standard InChI is InChI=1S/C50H31N5O2S/c51-30-32-23-28-44(33(29-32)31-52)58(56,57)37-26-24-36(25-27-37)55-43-22-12-9-19-40(43)47-49-45(38-17-7-10-20-41(38)53(49)34-13-3-1-4-14-34)48-46(50(47)55)39-18-8-11-21-42(39)54(48)35-15-5-2-6-16-35/h1-3,5-13,15-29H,4,14H2. The van der Waals surface area contributed by atoms with E-state index in [9.17, 15) is 18.9 Å². The van der Waals surface area contributed by atoms with Gasteiger partial charge in [-0.15, -0.1) is 0 Å². The Labute approximate surface area is 333 Å². The highest BCUT2D eigenvalue weighted by atomic mass is 32.2. The van der Waals surface area contributed by atoms with Crippen LogP contribution < -0.4 is 0 Å². The van der Waals surface area contributed by atoms with E-state index in [1.807, 2.05) is 30.3 Å². The summed E-state index contributed by atoms with van der Waals surface area (Å²) in [6, 6.07) is 51.3. The van der Waals surface area contributed by atoms with Gasteiger partial charge in [-0.3, -0.25) is 0 Å². The van der Waals surface area contributed by atoms with Gasteiger partial charge < -0.3 is 13.7 Å². The first kappa shape index (κ1) is 33.7. The van der Waals surface area contributed by atoms with Gasteiger partial charge in [0.1, 0.15) is 6.07 Å². The van der Waals surface area contributed by atoms with Crippen LogP contribution in [0.15, 0.2) is 174 Å². The third-order valence-electron chi connectivity index (χ3n) is 11.6. The predicted molar refractivity (Wildman–Crippen MR) is 232 cm³/mol. The summed E-state index contributed by atoms with van der Waals surface area (Å²) in [4.78, 5) is -0.0695. The van der Waals surface area contributed by atoms with E-state index < -0.39 is 9.84 Å². The van der Waals surface area contributed by atoms with Gasteiger partial charge in [0, 0.05) is 49.4 Å². The van der Waals surface area contributed by atoms with Gasteiger partial charge in [-0.25, -0.2) is 8.42 Å². The smallest absolute Gasteiger partial charge is 0.207 e. The second-order valence-corrected chi connectivity index (χ2v) is 16.5. The highest BCUT2D eigenvalue weighted by Gasteiger charge is 2.29. The summed E-state index contributed by atoms with van der Waals surface area (Å²) in [6.07, 6.45) is 8.46. The van der Waals surface area contributed by atoms with Gasteiger partial charge >= 0.3 is 0 Å². The number of hydrogen-bond acceptors (Lipinski definition) is 4. The number of allylic oxidation sites excluding steroid dienone is 4. The van der Waals surface area contributed by atoms with E-state index in [4.69, 9.17) is 0 Å². The lowest BCUT2D eigenvalue weighted by atomic mass is 10.0. The monoisotopic (exact) mass is 765 g/mol. The molecule has 0 bridgehead atoms. The van der Waals surface area contributed by atoms with Crippen LogP contribution in [0.3, 0.4) is 0 Å². The predicted octanol–water partition coefficient (Wildman–Crippen LogP) is 11.8. The first-order valence-corrected chi connectivity index (χ1v) is 20.6. The number of rotatable bonds is 5. The second kappa shape index (κ2) is 12.7. The maximum atomic E-state index is 14.1. The molecule has 3 aromatic heterocycles. The summed E-state index contributed by atoms with van der Waals surface area (Å²) in [7, 11) is -4.09. The zero-order chi connectivity index (χ0) is 39.1. The molecule has 274 valence electrons. The minimum Gasteiger partial charge on any atom is -0.312 e. The second-order valence-electron chi connectivity index (χ2n) is 14.6. The minimum atomic E-state index is -4.09. The molecule has 10 aromatic rings. The van der Waals surface area contributed by atoms with Gasteiger partial charge in [-0.05, 0) is 91.7 Å². The first-order chi connectivity index (χ1) is 28.5. The summed E-state index contributed by atoms with van der Waals surface area (Å²) in [5, 5.41) is 26.0. The topological polar surface area (TPSA) is 96.5 Å². The number of fused-ring (bicyclic) bond motifs is 12. The number of para-hydroxylation sites is 4. The van der Waals surface area contributed by atoms with Crippen LogP contribution in [0, 0.1) is 22.7 Å². The Hall–Kier alpha value is -7.65. The summed E-state index contributed by atoms with van der Waals surface area (Å²) < 4.78 is 35.3. The molecule has 0 aliphatic heterocycles. The number of aromatic nitrogens is 3. The van der Waals surface area contributed by atoms with Crippen molar-refractivity contribution in [3.05, 3.63) is 175 Å². The van der Waals surface area contributed by atoms with Gasteiger partial charge in [0.2, 0.25) is 9.84 Å². The summed E-state index contributed by atoms with van der Waals surface area (Å²) in [6.45, 7) is 0. The Morgan fingerprint density at radius 1 is 0.534 bits per heavy atom. The molecule has 0 N–H and O–H groups in total. The zero-order valence-corrected chi connectivity index (χ0v) is 31.8. The number of benzene rings is 7. The lowest BCUT2D eigenvalue weighted by molar-refractivity contribution is 0.596. The zero-order valence-electron chi connectivity index (χ0n) is 31.0. The van der Waals surface area contributed by atoms with Crippen molar-refractivity contribution in [1.29, 1.82) is 10.5 Å². The van der Waals surface area contributed by atoms with E-state index >= 15 is 0 Å². The Morgan fingerprint density at radius 2 is 1.05 bits per heavy atom. The van der Waals surface area contributed by atoms with E-state index in [2.05, 4.69) is 129 Å². The van der Waals surface area contributed by atoms with Crippen molar-refractivity contribution in [3.8, 4) is 23.5 Å². The summed E-state index contributed by atoms with van der Waals surface area (Å²) in [5.74, 6) is 0. The van der Waals surface area contributed by atoms with Crippen LogP contribution in [0.4, 0.5) is 0 Å². The Balaban J connectivity index is 1.32. The fourth-order valence-corrected chi connectivity index (χ4v) is 10.5. The molecule has 0 saturated carbocycles. The molecule has 1 aliphatic carbocycles. The molecular formula is C50H31N5O2S. The van der Waals surface area contributed by atoms with Crippen LogP contribution in [-0.4, -0.2) is 22.1 Å². The normalized spacial score (nSPS) is 13.2. The molecule has 0 fully saturated rings. The van der Waals surface area contributed by atoms with Crippen LogP contribution in [0.25, 0.3) is 82.5 Å². The maximum Gasteiger partial charge on any atom is 0.207 e. The van der Waals surface area contributed by atoms with Gasteiger partial charge in [0.15, 0.2) is 0 Å². The van der Waals surface area contributed by atoms with Crippen molar-refractivity contribution in [2.45, 2.75) is 22.6 Å². The third-order valence-corrected chi connectivity index (χ3v) is 13.4. The van der Waals surface area contributed by atoms with Crippen molar-refractivity contribution < 1.29 is 8.42 Å². The first-order valence-electron chi connectivity index (χ1n) is 19.1. The average molecular weight is 766 g/mol. The Morgan fingerprint density at radius 3 is 1.59 bits per heavy atom. The minimum absolute atomic E-state index is 0.0591. The van der Waals surface area contributed by atoms with Crippen LogP contribution in [0.2, 0.25) is 0 Å². The number of nitrogens with zero attached hydrogens (tertiary/aromatic N) is 5. The van der Waals surface area contributed by atoms with Gasteiger partial charge in [-0.2, -0.15) is 10.5 Å². The Bertz CT molecular complexity index is 3650. The van der Waals surface area contributed by atoms with E-state index in [0.29, 0.717) is 0 Å². The molecule has 7 nitrogen and oxygen atoms in total. The molecule has 0 spiro atoms. The van der Waals surface area contributed by atoms with Crippen LogP contribution in [0.1, 0.15) is 24.0 Å². The molecule has 0 amide bonds.